The summed E-state index contributed by atoms with van der Waals surface area (Å²) in [7, 11) is 0. The normalized spacial score (nSPS) is 26.2. The number of hydrogen-bond acceptors (Lipinski definition) is 4. The number of nitrogens with one attached hydrogen (secondary N) is 1. The van der Waals surface area contributed by atoms with Gasteiger partial charge in [-0.1, -0.05) is 19.1 Å². The maximum atomic E-state index is 13.8. The molecule has 0 radical (unpaired) electrons. The summed E-state index contributed by atoms with van der Waals surface area (Å²) in [4.78, 5) is 12.3. The molecule has 3 nitrogen and oxygen atoms in total. The molecular weight excluding hydrogens is 265 g/mol. The van der Waals surface area contributed by atoms with E-state index in [9.17, 15) is 9.18 Å². The number of ether oxygens (including phenoxy) is 1. The van der Waals surface area contributed by atoms with E-state index in [-0.39, 0.29) is 17.0 Å². The number of para-hydroxylation sites is 1. The van der Waals surface area contributed by atoms with Crippen LogP contribution in [0.25, 0.3) is 0 Å². The van der Waals surface area contributed by atoms with Gasteiger partial charge in [0, 0.05) is 5.25 Å². The summed E-state index contributed by atoms with van der Waals surface area (Å²) in [5, 5.41) is 3.13. The second-order valence-electron chi connectivity index (χ2n) is 4.56. The van der Waals surface area contributed by atoms with Gasteiger partial charge in [0.2, 0.25) is 0 Å². The highest BCUT2D eigenvalue weighted by atomic mass is 32.2. The van der Waals surface area contributed by atoms with Gasteiger partial charge in [0.25, 0.3) is 0 Å². The zero-order chi connectivity index (χ0) is 13.9. The molecule has 1 aromatic rings. The average molecular weight is 283 g/mol. The Kier molecular flexibility index (Phi) is 4.34. The molecule has 19 heavy (non-hydrogen) atoms. The van der Waals surface area contributed by atoms with Crippen molar-refractivity contribution < 1.29 is 13.9 Å². The van der Waals surface area contributed by atoms with Gasteiger partial charge in [-0.3, -0.25) is 0 Å². The number of thioether (sulfide) groups is 1. The van der Waals surface area contributed by atoms with Gasteiger partial charge in [0.1, 0.15) is 11.4 Å². The molecule has 0 spiro atoms. The van der Waals surface area contributed by atoms with E-state index in [0.717, 1.165) is 5.75 Å². The highest BCUT2D eigenvalue weighted by Crippen LogP contribution is 2.39. The molecule has 5 heteroatoms. The van der Waals surface area contributed by atoms with Gasteiger partial charge in [-0.25, -0.2) is 9.18 Å². The molecule has 2 rings (SSSR count). The van der Waals surface area contributed by atoms with Gasteiger partial charge in [0.15, 0.2) is 0 Å². The maximum Gasteiger partial charge on any atom is 0.332 e. The van der Waals surface area contributed by atoms with Crippen molar-refractivity contribution in [2.75, 3.05) is 17.7 Å². The number of carbonyl (C=O) groups excluding carboxylic acids is 1. The lowest BCUT2D eigenvalue weighted by molar-refractivity contribution is -0.148. The second-order valence-corrected chi connectivity index (χ2v) is 6.01. The van der Waals surface area contributed by atoms with Crippen LogP contribution in [0.3, 0.4) is 0 Å². The van der Waals surface area contributed by atoms with Crippen LogP contribution in [0.4, 0.5) is 10.1 Å². The number of carbonyl (C=O) groups is 1. The van der Waals surface area contributed by atoms with Crippen LogP contribution in [0.5, 0.6) is 0 Å². The molecule has 0 aromatic heterocycles. The van der Waals surface area contributed by atoms with E-state index in [0.29, 0.717) is 18.7 Å². The molecule has 1 heterocycles. The molecule has 1 N–H and O–H groups in total. The lowest BCUT2D eigenvalue weighted by Crippen LogP contribution is -2.52. The van der Waals surface area contributed by atoms with Crippen LogP contribution in [-0.4, -0.2) is 29.1 Å². The number of benzene rings is 1. The van der Waals surface area contributed by atoms with Gasteiger partial charge in [-0.15, -0.1) is 0 Å². The highest BCUT2D eigenvalue weighted by molar-refractivity contribution is 8.00. The van der Waals surface area contributed by atoms with Gasteiger partial charge in [0.05, 0.1) is 12.3 Å². The van der Waals surface area contributed by atoms with Gasteiger partial charge in [-0.05, 0) is 31.2 Å². The van der Waals surface area contributed by atoms with Gasteiger partial charge < -0.3 is 10.1 Å². The Morgan fingerprint density at radius 1 is 1.58 bits per heavy atom. The monoisotopic (exact) mass is 283 g/mol. The van der Waals surface area contributed by atoms with Gasteiger partial charge >= 0.3 is 5.97 Å². The van der Waals surface area contributed by atoms with Crippen molar-refractivity contribution in [1.29, 1.82) is 0 Å². The summed E-state index contributed by atoms with van der Waals surface area (Å²) in [6.45, 7) is 4.08. The van der Waals surface area contributed by atoms with E-state index in [1.54, 1.807) is 36.9 Å². The summed E-state index contributed by atoms with van der Waals surface area (Å²) < 4.78 is 18.9. The molecule has 0 saturated carbocycles. The molecule has 1 aliphatic rings. The third-order valence-electron chi connectivity index (χ3n) is 3.43. The summed E-state index contributed by atoms with van der Waals surface area (Å²) >= 11 is 1.70. The van der Waals surface area contributed by atoms with E-state index in [2.05, 4.69) is 5.32 Å². The van der Waals surface area contributed by atoms with E-state index in [1.165, 1.54) is 6.07 Å². The Morgan fingerprint density at radius 2 is 2.32 bits per heavy atom. The summed E-state index contributed by atoms with van der Waals surface area (Å²) in [6, 6.07) is 6.40. The van der Waals surface area contributed by atoms with Crippen LogP contribution in [0.2, 0.25) is 0 Å². The molecule has 0 bridgehead atoms. The quantitative estimate of drug-likeness (QED) is 0.862. The first-order valence-electron chi connectivity index (χ1n) is 6.41. The fourth-order valence-corrected chi connectivity index (χ4v) is 3.64. The van der Waals surface area contributed by atoms with Crippen LogP contribution in [0.1, 0.15) is 20.3 Å². The summed E-state index contributed by atoms with van der Waals surface area (Å²) in [5.41, 5.74) is -0.479. The second kappa shape index (κ2) is 5.82. The van der Waals surface area contributed by atoms with E-state index in [1.807, 2.05) is 6.92 Å². The smallest absolute Gasteiger partial charge is 0.332 e. The van der Waals surface area contributed by atoms with Crippen LogP contribution >= 0.6 is 11.8 Å². The van der Waals surface area contributed by atoms with Crippen LogP contribution in [-0.2, 0) is 9.53 Å². The number of rotatable bonds is 4. The fraction of sp³-hybridized carbons (Fsp3) is 0.500. The predicted molar refractivity (Wildman–Crippen MR) is 75.9 cm³/mol. The molecule has 2 unspecified atom stereocenters. The minimum atomic E-state index is -0.830. The van der Waals surface area contributed by atoms with Gasteiger partial charge in [-0.2, -0.15) is 11.8 Å². The summed E-state index contributed by atoms with van der Waals surface area (Å²) in [6.07, 6.45) is 0.645. The first kappa shape index (κ1) is 14.2. The maximum absolute atomic E-state index is 13.8. The molecule has 0 amide bonds. The fourth-order valence-electron chi connectivity index (χ4n) is 2.29. The third kappa shape index (κ3) is 2.71. The molecule has 0 aliphatic carbocycles. The summed E-state index contributed by atoms with van der Waals surface area (Å²) in [5.74, 6) is 0.215. The lowest BCUT2D eigenvalue weighted by atomic mass is 9.92. The largest absolute Gasteiger partial charge is 0.464 e. The Labute approximate surface area is 116 Å². The van der Waals surface area contributed by atoms with Crippen molar-refractivity contribution in [3.05, 3.63) is 30.1 Å². The van der Waals surface area contributed by atoms with E-state index >= 15 is 0 Å². The number of anilines is 1. The molecule has 1 aromatic carbocycles. The topological polar surface area (TPSA) is 38.3 Å². The zero-order valence-electron chi connectivity index (χ0n) is 11.1. The van der Waals surface area contributed by atoms with Crippen LogP contribution in [0, 0.1) is 5.82 Å². The van der Waals surface area contributed by atoms with Crippen molar-refractivity contribution in [3.63, 3.8) is 0 Å². The molecule has 104 valence electrons. The molecule has 1 aliphatic heterocycles. The number of esters is 1. The van der Waals surface area contributed by atoms with Crippen molar-refractivity contribution in [2.45, 2.75) is 31.1 Å². The van der Waals surface area contributed by atoms with Crippen LogP contribution < -0.4 is 5.32 Å². The Morgan fingerprint density at radius 3 is 2.89 bits per heavy atom. The lowest BCUT2D eigenvalue weighted by Gasteiger charge is -2.32. The number of hydrogen-bond donors (Lipinski definition) is 1. The van der Waals surface area contributed by atoms with Crippen molar-refractivity contribution in [1.82, 2.24) is 0 Å². The van der Waals surface area contributed by atoms with Crippen molar-refractivity contribution >= 4 is 23.4 Å². The minimum Gasteiger partial charge on any atom is -0.464 e. The molecular formula is C14H18FNO2S. The van der Waals surface area contributed by atoms with Crippen LogP contribution in [0.15, 0.2) is 24.3 Å². The first-order valence-corrected chi connectivity index (χ1v) is 7.46. The highest BCUT2D eigenvalue weighted by Gasteiger charge is 2.49. The first-order chi connectivity index (χ1) is 9.10. The van der Waals surface area contributed by atoms with Crippen molar-refractivity contribution in [3.8, 4) is 0 Å². The predicted octanol–water partition coefficient (Wildman–Crippen LogP) is 3.06. The minimum absolute atomic E-state index is 0.0474. The zero-order valence-corrected chi connectivity index (χ0v) is 11.9. The molecule has 2 atom stereocenters. The average Bonchev–Trinajstić information content (AvgIpc) is 2.75. The molecule has 1 saturated heterocycles. The Hall–Kier alpha value is -1.23. The SMILES string of the molecule is CCOC(=O)C1(Nc2ccccc2F)CCSC1C. The third-order valence-corrected chi connectivity index (χ3v) is 4.77. The Bertz CT molecular complexity index is 469. The van der Waals surface area contributed by atoms with Crippen molar-refractivity contribution in [2.24, 2.45) is 0 Å². The standard InChI is InChI=1S/C14H18FNO2S/c1-3-18-13(17)14(8-9-19-10(14)2)16-12-7-5-4-6-11(12)15/h4-7,10,16H,3,8-9H2,1-2H3. The van der Waals surface area contributed by atoms with E-state index < -0.39 is 5.54 Å². The molecule has 1 fully saturated rings. The number of halogens is 1. The Balaban J connectivity index is 2.29. The van der Waals surface area contributed by atoms with E-state index in [4.69, 9.17) is 4.74 Å².